The van der Waals surface area contributed by atoms with Crippen molar-refractivity contribution >= 4 is 17.9 Å². The molecule has 0 saturated heterocycles. The normalized spacial score (nSPS) is 13.7. The fraction of sp³-hybridized carbons (Fsp3) is 0.661. The molecule has 0 aromatic carbocycles. The van der Waals surface area contributed by atoms with E-state index in [1.807, 2.05) is 21.1 Å². The zero-order chi connectivity index (χ0) is 47.7. The van der Waals surface area contributed by atoms with Crippen molar-refractivity contribution in [1.29, 1.82) is 0 Å². The van der Waals surface area contributed by atoms with Crippen molar-refractivity contribution in [2.24, 2.45) is 0 Å². The van der Waals surface area contributed by atoms with Crippen LogP contribution in [0.1, 0.15) is 181 Å². The van der Waals surface area contributed by atoms with Gasteiger partial charge in [-0.1, -0.05) is 169 Å². The number of aliphatic carboxylic acids is 1. The zero-order valence-corrected chi connectivity index (χ0v) is 41.8. The Bertz CT molecular complexity index is 1380. The first-order valence-electron chi connectivity index (χ1n) is 25.4. The fourth-order valence-corrected chi connectivity index (χ4v) is 6.39. The lowest BCUT2D eigenvalue weighted by Gasteiger charge is -2.26. The van der Waals surface area contributed by atoms with Crippen LogP contribution in [-0.4, -0.2) is 82.3 Å². The van der Waals surface area contributed by atoms with Crippen molar-refractivity contribution in [3.63, 3.8) is 0 Å². The van der Waals surface area contributed by atoms with E-state index in [2.05, 4.69) is 111 Å². The molecule has 0 amide bonds. The van der Waals surface area contributed by atoms with Gasteiger partial charge >= 0.3 is 11.9 Å². The largest absolute Gasteiger partial charge is 0.545 e. The lowest BCUT2D eigenvalue weighted by atomic mass is 10.1. The number of carbonyl (C=O) groups excluding carboxylic acids is 3. The number of allylic oxidation sites excluding steroid dienone is 16. The highest BCUT2D eigenvalue weighted by Crippen LogP contribution is 2.13. The van der Waals surface area contributed by atoms with Crippen molar-refractivity contribution in [3.05, 3.63) is 97.2 Å². The molecule has 0 aliphatic carbocycles. The summed E-state index contributed by atoms with van der Waals surface area (Å²) < 4.78 is 22.6. The van der Waals surface area contributed by atoms with Gasteiger partial charge in [-0.2, -0.15) is 0 Å². The number of quaternary nitrogens is 1. The molecule has 0 heterocycles. The molecule has 0 aromatic heterocycles. The molecule has 0 rings (SSSR count). The number of ether oxygens (including phenoxy) is 4. The third-order valence-electron chi connectivity index (χ3n) is 10.3. The number of unbranched alkanes of at least 4 members (excludes halogenated alkanes) is 14. The van der Waals surface area contributed by atoms with E-state index in [-0.39, 0.29) is 38.6 Å². The maximum Gasteiger partial charge on any atom is 0.306 e. The predicted octanol–water partition coefficient (Wildman–Crippen LogP) is 12.9. The maximum absolute atomic E-state index is 12.8. The van der Waals surface area contributed by atoms with Crippen molar-refractivity contribution in [2.75, 3.05) is 47.5 Å². The molecule has 0 radical (unpaired) electrons. The van der Waals surface area contributed by atoms with Gasteiger partial charge in [-0.15, -0.1) is 0 Å². The monoisotopic (exact) mass is 908 g/mol. The van der Waals surface area contributed by atoms with Gasteiger partial charge in [-0.3, -0.25) is 9.59 Å². The highest BCUT2D eigenvalue weighted by Gasteiger charge is 2.21. The van der Waals surface area contributed by atoms with Crippen LogP contribution in [-0.2, 0) is 33.3 Å². The SMILES string of the molecule is CC/C=C\C/C=C\C/C=C\C/C=C\C/C=C\C/C=C\CCCCCCCCC(=O)OC(COC(=O)CCCCCCC/C=C\C/C=C\CCCCC)COC(OCC[N+](C)(C)C)C(=O)[O-]. The minimum absolute atomic E-state index is 0.137. The first kappa shape index (κ1) is 61.2. The molecule has 0 aromatic rings. The van der Waals surface area contributed by atoms with Crippen LogP contribution in [0, 0.1) is 0 Å². The van der Waals surface area contributed by atoms with E-state index < -0.39 is 24.3 Å². The van der Waals surface area contributed by atoms with Crippen LogP contribution in [0.3, 0.4) is 0 Å². The Kier molecular flexibility index (Phi) is 44.0. The molecule has 0 spiro atoms. The summed E-state index contributed by atoms with van der Waals surface area (Å²) in [5, 5.41) is 11.7. The summed E-state index contributed by atoms with van der Waals surface area (Å²) in [6.07, 6.45) is 58.6. The molecule has 0 fully saturated rings. The summed E-state index contributed by atoms with van der Waals surface area (Å²) in [6.45, 7) is 4.55. The van der Waals surface area contributed by atoms with Crippen molar-refractivity contribution in [1.82, 2.24) is 0 Å². The average Bonchev–Trinajstić information content (AvgIpc) is 3.27. The smallest absolute Gasteiger partial charge is 0.306 e. The molecule has 370 valence electrons. The third kappa shape index (κ3) is 48.0. The van der Waals surface area contributed by atoms with E-state index in [0.29, 0.717) is 23.9 Å². The number of carbonyl (C=O) groups is 3. The van der Waals surface area contributed by atoms with Gasteiger partial charge < -0.3 is 33.3 Å². The van der Waals surface area contributed by atoms with Crippen molar-refractivity contribution in [2.45, 2.75) is 193 Å². The molecule has 0 saturated carbocycles. The van der Waals surface area contributed by atoms with E-state index in [1.165, 1.54) is 25.7 Å². The van der Waals surface area contributed by atoms with Crippen LogP contribution < -0.4 is 5.11 Å². The van der Waals surface area contributed by atoms with E-state index in [1.54, 1.807) is 0 Å². The van der Waals surface area contributed by atoms with Gasteiger partial charge in [-0.25, -0.2) is 0 Å². The summed E-state index contributed by atoms with van der Waals surface area (Å²) in [7, 11) is 5.89. The van der Waals surface area contributed by atoms with Crippen LogP contribution in [0.15, 0.2) is 97.2 Å². The fourth-order valence-electron chi connectivity index (χ4n) is 6.39. The van der Waals surface area contributed by atoms with Gasteiger partial charge in [0.1, 0.15) is 13.2 Å². The first-order chi connectivity index (χ1) is 31.6. The lowest BCUT2D eigenvalue weighted by molar-refractivity contribution is -0.870. The molecule has 9 nitrogen and oxygen atoms in total. The number of nitrogens with zero attached hydrogens (tertiary/aromatic N) is 1. The molecule has 2 unspecified atom stereocenters. The van der Waals surface area contributed by atoms with E-state index in [4.69, 9.17) is 18.9 Å². The van der Waals surface area contributed by atoms with Gasteiger partial charge in [0.15, 0.2) is 12.4 Å². The summed E-state index contributed by atoms with van der Waals surface area (Å²) in [4.78, 5) is 37.1. The third-order valence-corrected chi connectivity index (χ3v) is 10.3. The molecule has 0 aliphatic rings. The van der Waals surface area contributed by atoms with Crippen molar-refractivity contribution < 1.29 is 42.9 Å². The van der Waals surface area contributed by atoms with Crippen molar-refractivity contribution in [3.8, 4) is 0 Å². The highest BCUT2D eigenvalue weighted by atomic mass is 16.7. The molecule has 2 atom stereocenters. The Morgan fingerprint density at radius 3 is 1.31 bits per heavy atom. The number of hydrogen-bond acceptors (Lipinski definition) is 8. The maximum atomic E-state index is 12.8. The van der Waals surface area contributed by atoms with E-state index in [9.17, 15) is 19.5 Å². The zero-order valence-electron chi connectivity index (χ0n) is 41.8. The van der Waals surface area contributed by atoms with Crippen LogP contribution in [0.4, 0.5) is 0 Å². The van der Waals surface area contributed by atoms with Gasteiger partial charge in [-0.05, 0) is 96.3 Å². The van der Waals surface area contributed by atoms with Gasteiger partial charge in [0.2, 0.25) is 0 Å². The summed E-state index contributed by atoms with van der Waals surface area (Å²) >= 11 is 0. The number of rotatable bonds is 45. The minimum Gasteiger partial charge on any atom is -0.545 e. The Labute approximate surface area is 397 Å². The minimum atomic E-state index is -1.63. The number of hydrogen-bond donors (Lipinski definition) is 0. The Morgan fingerprint density at radius 1 is 0.477 bits per heavy atom. The standard InChI is InChI=1S/C56H93NO8/c1-6-8-10-12-14-16-18-20-22-23-24-25-26-27-28-29-30-31-33-35-37-39-41-43-45-47-54(59)65-52(51-64-56(55(60)61)62-49-48-57(3,4)5)50-63-53(58)46-44-42-40-38-36-34-32-21-19-17-15-13-11-9-7-2/h8,10,14-17,20-22,24-25,27-28,30-32,52,56H,6-7,9,11-13,18-19,23,26,29,33-51H2,1-5H3/b10-8-,16-14-,17-15-,22-20-,25-24-,28-27-,31-30-,32-21-. The molecule has 0 N–H and O–H groups in total. The second kappa shape index (κ2) is 46.7. The Morgan fingerprint density at radius 2 is 0.877 bits per heavy atom. The molecule has 0 bridgehead atoms. The molecule has 65 heavy (non-hydrogen) atoms. The highest BCUT2D eigenvalue weighted by molar-refractivity contribution is 5.70. The number of esters is 2. The number of likely N-dealkylation sites (N-methyl/N-ethyl adjacent to an activating group) is 1. The Hall–Kier alpha value is -3.79. The molecule has 0 aliphatic heterocycles. The lowest BCUT2D eigenvalue weighted by Crippen LogP contribution is -2.44. The Balaban J connectivity index is 4.41. The summed E-state index contributed by atoms with van der Waals surface area (Å²) in [5.74, 6) is -2.34. The topological polar surface area (TPSA) is 111 Å². The number of carboxylic acids is 1. The van der Waals surface area contributed by atoms with E-state index >= 15 is 0 Å². The first-order valence-corrected chi connectivity index (χ1v) is 25.4. The van der Waals surface area contributed by atoms with Gasteiger partial charge in [0.25, 0.3) is 0 Å². The van der Waals surface area contributed by atoms with Crippen LogP contribution in [0.2, 0.25) is 0 Å². The van der Waals surface area contributed by atoms with Gasteiger partial charge in [0.05, 0.1) is 40.3 Å². The molecule has 9 heteroatoms. The quantitative estimate of drug-likeness (QED) is 0.0195. The van der Waals surface area contributed by atoms with Crippen LogP contribution in [0.5, 0.6) is 0 Å². The predicted molar refractivity (Wildman–Crippen MR) is 269 cm³/mol. The second-order valence-corrected chi connectivity index (χ2v) is 17.7. The van der Waals surface area contributed by atoms with Crippen LogP contribution in [0.25, 0.3) is 0 Å². The van der Waals surface area contributed by atoms with Crippen LogP contribution >= 0.6 is 0 Å². The molecular weight excluding hydrogens is 815 g/mol. The summed E-state index contributed by atoms with van der Waals surface area (Å²) in [5.41, 5.74) is 0. The van der Waals surface area contributed by atoms with E-state index in [0.717, 1.165) is 116 Å². The molecular formula is C56H93NO8. The number of carboxylic acid groups (broad SMARTS) is 1. The van der Waals surface area contributed by atoms with Gasteiger partial charge in [0, 0.05) is 12.8 Å². The summed E-state index contributed by atoms with van der Waals surface area (Å²) in [6, 6.07) is 0. The average molecular weight is 908 g/mol. The second-order valence-electron chi connectivity index (χ2n) is 17.7.